The van der Waals surface area contributed by atoms with Crippen molar-refractivity contribution in [3.05, 3.63) is 23.3 Å². The Bertz CT molecular complexity index is 422. The minimum absolute atomic E-state index is 0.400. The van der Waals surface area contributed by atoms with Gasteiger partial charge in [-0.05, 0) is 42.5 Å². The van der Waals surface area contributed by atoms with Gasteiger partial charge in [0.05, 0.1) is 20.3 Å². The Labute approximate surface area is 115 Å². The van der Waals surface area contributed by atoms with Crippen molar-refractivity contribution in [3.63, 3.8) is 0 Å². The van der Waals surface area contributed by atoms with Gasteiger partial charge in [0.15, 0.2) is 11.5 Å². The summed E-state index contributed by atoms with van der Waals surface area (Å²) in [4.78, 5) is 0. The minimum Gasteiger partial charge on any atom is -0.493 e. The first-order valence-corrected chi connectivity index (χ1v) is 7.06. The topological polar surface area (TPSA) is 38.7 Å². The Kier molecular flexibility index (Phi) is 4.70. The lowest BCUT2D eigenvalue weighted by molar-refractivity contribution is 0.144. The molecular weight excluding hydrogens is 240 g/mol. The minimum atomic E-state index is -0.400. The van der Waals surface area contributed by atoms with Crippen molar-refractivity contribution in [2.24, 2.45) is 5.92 Å². The lowest BCUT2D eigenvalue weighted by Gasteiger charge is -2.19. The first-order valence-electron chi connectivity index (χ1n) is 7.06. The molecule has 0 aromatic heterocycles. The van der Waals surface area contributed by atoms with Crippen molar-refractivity contribution in [2.45, 2.75) is 45.1 Å². The summed E-state index contributed by atoms with van der Waals surface area (Å²) in [5.41, 5.74) is 2.02. The maximum absolute atomic E-state index is 10.4. The number of aliphatic hydroxyl groups excluding tert-OH is 1. The Morgan fingerprint density at radius 3 is 2.32 bits per heavy atom. The fourth-order valence-electron chi connectivity index (χ4n) is 3.04. The van der Waals surface area contributed by atoms with Crippen LogP contribution in [0.25, 0.3) is 0 Å². The molecule has 1 fully saturated rings. The highest BCUT2D eigenvalue weighted by Crippen LogP contribution is 2.37. The maximum Gasteiger partial charge on any atom is 0.161 e. The molecule has 1 aromatic carbocycles. The zero-order valence-electron chi connectivity index (χ0n) is 12.1. The molecule has 1 N–H and O–H groups in total. The SMILES string of the molecule is COc1cc(C)c(C(O)CC2CCCC2)cc1OC. The van der Waals surface area contributed by atoms with E-state index in [2.05, 4.69) is 0 Å². The fourth-order valence-corrected chi connectivity index (χ4v) is 3.04. The van der Waals surface area contributed by atoms with E-state index in [1.165, 1.54) is 25.7 Å². The van der Waals surface area contributed by atoms with Gasteiger partial charge in [-0.1, -0.05) is 25.7 Å². The number of benzene rings is 1. The van der Waals surface area contributed by atoms with E-state index >= 15 is 0 Å². The van der Waals surface area contributed by atoms with Gasteiger partial charge < -0.3 is 14.6 Å². The summed E-state index contributed by atoms with van der Waals surface area (Å²) in [7, 11) is 3.26. The second-order valence-electron chi connectivity index (χ2n) is 5.47. The van der Waals surface area contributed by atoms with E-state index in [0.717, 1.165) is 23.3 Å². The van der Waals surface area contributed by atoms with Crippen LogP contribution in [0.3, 0.4) is 0 Å². The van der Waals surface area contributed by atoms with Gasteiger partial charge in [0.25, 0.3) is 0 Å². The van der Waals surface area contributed by atoms with Crippen LogP contribution in [0.15, 0.2) is 12.1 Å². The lowest BCUT2D eigenvalue weighted by Crippen LogP contribution is -2.07. The number of ether oxygens (including phenoxy) is 2. The van der Waals surface area contributed by atoms with Gasteiger partial charge in [0.1, 0.15) is 0 Å². The molecule has 1 atom stereocenters. The molecular formula is C16H24O3. The molecule has 0 bridgehead atoms. The first kappa shape index (κ1) is 14.2. The molecule has 3 nitrogen and oxygen atoms in total. The van der Waals surface area contributed by atoms with Crippen LogP contribution in [0.2, 0.25) is 0 Å². The molecule has 2 rings (SSSR count). The van der Waals surface area contributed by atoms with Crippen LogP contribution < -0.4 is 9.47 Å². The normalized spacial score (nSPS) is 17.5. The monoisotopic (exact) mass is 264 g/mol. The zero-order valence-corrected chi connectivity index (χ0v) is 12.1. The standard InChI is InChI=1S/C16H24O3/c1-11-8-15(18-2)16(19-3)10-13(11)14(17)9-12-6-4-5-7-12/h8,10,12,14,17H,4-7,9H2,1-3H3. The molecule has 1 unspecified atom stereocenters. The number of methoxy groups -OCH3 is 2. The van der Waals surface area contributed by atoms with E-state index in [1.54, 1.807) is 14.2 Å². The third-order valence-electron chi connectivity index (χ3n) is 4.16. The molecule has 1 aliphatic carbocycles. The average molecular weight is 264 g/mol. The molecule has 3 heteroatoms. The highest BCUT2D eigenvalue weighted by atomic mass is 16.5. The van der Waals surface area contributed by atoms with Gasteiger partial charge >= 0.3 is 0 Å². The lowest BCUT2D eigenvalue weighted by atomic mass is 9.93. The Balaban J connectivity index is 2.17. The summed E-state index contributed by atoms with van der Waals surface area (Å²) in [6.07, 6.45) is 5.58. The third kappa shape index (κ3) is 3.21. The van der Waals surface area contributed by atoms with E-state index in [4.69, 9.17) is 9.47 Å². The molecule has 0 aliphatic heterocycles. The fraction of sp³-hybridized carbons (Fsp3) is 0.625. The summed E-state index contributed by atoms with van der Waals surface area (Å²) in [6.45, 7) is 2.01. The molecule has 0 saturated heterocycles. The van der Waals surface area contributed by atoms with Crippen LogP contribution in [0.1, 0.15) is 49.3 Å². The number of aryl methyl sites for hydroxylation is 1. The van der Waals surface area contributed by atoms with Crippen molar-refractivity contribution >= 4 is 0 Å². The molecule has 1 aromatic rings. The van der Waals surface area contributed by atoms with Crippen molar-refractivity contribution in [3.8, 4) is 11.5 Å². The zero-order chi connectivity index (χ0) is 13.8. The smallest absolute Gasteiger partial charge is 0.161 e. The van der Waals surface area contributed by atoms with E-state index in [9.17, 15) is 5.11 Å². The Morgan fingerprint density at radius 1 is 1.16 bits per heavy atom. The van der Waals surface area contributed by atoms with Crippen LogP contribution in [0, 0.1) is 12.8 Å². The molecule has 0 radical (unpaired) electrons. The first-order chi connectivity index (χ1) is 9.15. The van der Waals surface area contributed by atoms with Crippen LogP contribution >= 0.6 is 0 Å². The molecule has 0 spiro atoms. The van der Waals surface area contributed by atoms with Crippen LogP contribution in [0.4, 0.5) is 0 Å². The second-order valence-corrected chi connectivity index (χ2v) is 5.47. The summed E-state index contributed by atoms with van der Waals surface area (Å²) in [5.74, 6) is 2.08. The van der Waals surface area contributed by atoms with E-state index in [-0.39, 0.29) is 0 Å². The number of hydrogen-bond donors (Lipinski definition) is 1. The Hall–Kier alpha value is -1.22. The highest BCUT2D eigenvalue weighted by Gasteiger charge is 2.22. The van der Waals surface area contributed by atoms with Crippen LogP contribution in [0.5, 0.6) is 11.5 Å². The molecule has 0 amide bonds. The molecule has 0 heterocycles. The Morgan fingerprint density at radius 2 is 1.74 bits per heavy atom. The highest BCUT2D eigenvalue weighted by molar-refractivity contribution is 5.47. The molecule has 106 valence electrons. The van der Waals surface area contributed by atoms with E-state index in [1.807, 2.05) is 19.1 Å². The predicted molar refractivity (Wildman–Crippen MR) is 75.8 cm³/mol. The summed E-state index contributed by atoms with van der Waals surface area (Å²) in [5, 5.41) is 10.4. The van der Waals surface area contributed by atoms with Gasteiger partial charge in [-0.3, -0.25) is 0 Å². The van der Waals surface area contributed by atoms with Gasteiger partial charge in [0, 0.05) is 0 Å². The van der Waals surface area contributed by atoms with Crippen LogP contribution in [-0.4, -0.2) is 19.3 Å². The number of hydrogen-bond acceptors (Lipinski definition) is 3. The second kappa shape index (κ2) is 6.29. The number of aliphatic hydroxyl groups is 1. The van der Waals surface area contributed by atoms with Gasteiger partial charge in [-0.15, -0.1) is 0 Å². The van der Waals surface area contributed by atoms with E-state index < -0.39 is 6.10 Å². The van der Waals surface area contributed by atoms with Crippen molar-refractivity contribution in [1.82, 2.24) is 0 Å². The third-order valence-corrected chi connectivity index (χ3v) is 4.16. The quantitative estimate of drug-likeness (QED) is 0.882. The largest absolute Gasteiger partial charge is 0.493 e. The predicted octanol–water partition coefficient (Wildman–Crippen LogP) is 3.63. The van der Waals surface area contributed by atoms with Gasteiger partial charge in [-0.25, -0.2) is 0 Å². The summed E-state index contributed by atoms with van der Waals surface area (Å²) >= 11 is 0. The van der Waals surface area contributed by atoms with Crippen molar-refractivity contribution in [1.29, 1.82) is 0 Å². The van der Waals surface area contributed by atoms with E-state index in [0.29, 0.717) is 11.7 Å². The van der Waals surface area contributed by atoms with Crippen molar-refractivity contribution in [2.75, 3.05) is 14.2 Å². The number of rotatable bonds is 5. The van der Waals surface area contributed by atoms with Gasteiger partial charge in [-0.2, -0.15) is 0 Å². The summed E-state index contributed by atoms with van der Waals surface area (Å²) < 4.78 is 10.6. The molecule has 1 saturated carbocycles. The van der Waals surface area contributed by atoms with Crippen LogP contribution in [-0.2, 0) is 0 Å². The van der Waals surface area contributed by atoms with Crippen molar-refractivity contribution < 1.29 is 14.6 Å². The molecule has 19 heavy (non-hydrogen) atoms. The average Bonchev–Trinajstić information content (AvgIpc) is 2.90. The summed E-state index contributed by atoms with van der Waals surface area (Å²) in [6, 6.07) is 3.85. The van der Waals surface area contributed by atoms with Gasteiger partial charge in [0.2, 0.25) is 0 Å². The molecule has 1 aliphatic rings. The maximum atomic E-state index is 10.4.